The molecule has 0 N–H and O–H groups in total. The molecule has 0 spiro atoms. The first-order valence-electron chi connectivity index (χ1n) is 8.82. The van der Waals surface area contributed by atoms with E-state index < -0.39 is 7.12 Å². The number of aromatic nitrogens is 2. The Morgan fingerprint density at radius 1 is 1.12 bits per heavy atom. The second-order valence-corrected chi connectivity index (χ2v) is 7.78. The van der Waals surface area contributed by atoms with Crippen LogP contribution in [0.25, 0.3) is 10.9 Å². The van der Waals surface area contributed by atoms with E-state index in [-0.39, 0.29) is 17.4 Å². The van der Waals surface area contributed by atoms with Crippen molar-refractivity contribution in [1.82, 2.24) is 9.78 Å². The third kappa shape index (κ3) is 2.48. The Bertz CT molecular complexity index is 734. The van der Waals surface area contributed by atoms with Gasteiger partial charge in [-0.15, -0.1) is 0 Å². The zero-order chi connectivity index (χ0) is 16.9. The molecular weight excluding hydrogens is 303 g/mol. The summed E-state index contributed by atoms with van der Waals surface area (Å²) in [6, 6.07) is 6.19. The van der Waals surface area contributed by atoms with E-state index in [4.69, 9.17) is 14.0 Å². The molecule has 0 bridgehead atoms. The molecule has 2 saturated heterocycles. The van der Waals surface area contributed by atoms with Crippen LogP contribution in [0.1, 0.15) is 53.2 Å². The van der Waals surface area contributed by atoms with E-state index in [1.54, 1.807) is 0 Å². The normalized spacial score (nSPS) is 26.2. The predicted molar refractivity (Wildman–Crippen MR) is 94.3 cm³/mol. The molecule has 128 valence electrons. The van der Waals surface area contributed by atoms with Crippen LogP contribution in [-0.4, -0.2) is 34.7 Å². The quantitative estimate of drug-likeness (QED) is 0.795. The van der Waals surface area contributed by atoms with Gasteiger partial charge in [-0.25, -0.2) is 4.68 Å². The smallest absolute Gasteiger partial charge is 0.399 e. The first kappa shape index (κ1) is 16.1. The van der Waals surface area contributed by atoms with Crippen LogP contribution >= 0.6 is 0 Å². The van der Waals surface area contributed by atoms with Crippen LogP contribution in [0.5, 0.6) is 0 Å². The van der Waals surface area contributed by atoms with Crippen molar-refractivity contribution in [3.05, 3.63) is 24.4 Å². The van der Waals surface area contributed by atoms with E-state index in [2.05, 4.69) is 44.9 Å². The van der Waals surface area contributed by atoms with Gasteiger partial charge in [-0.05, 0) is 47.0 Å². The van der Waals surface area contributed by atoms with E-state index in [1.165, 1.54) is 6.42 Å². The van der Waals surface area contributed by atoms with Crippen LogP contribution < -0.4 is 5.46 Å². The zero-order valence-electron chi connectivity index (χ0n) is 14.9. The number of benzene rings is 1. The molecule has 1 unspecified atom stereocenters. The molecule has 6 heteroatoms. The van der Waals surface area contributed by atoms with E-state index in [0.717, 1.165) is 35.8 Å². The maximum absolute atomic E-state index is 6.27. The number of nitrogens with zero attached hydrogens (tertiary/aromatic N) is 2. The minimum atomic E-state index is -0.391. The molecule has 5 nitrogen and oxygen atoms in total. The highest BCUT2D eigenvalue weighted by atomic mass is 16.7. The average molecular weight is 328 g/mol. The molecular formula is C18H25BN2O3. The topological polar surface area (TPSA) is 45.5 Å². The first-order valence-corrected chi connectivity index (χ1v) is 8.82. The van der Waals surface area contributed by atoms with Crippen molar-refractivity contribution < 1.29 is 14.0 Å². The van der Waals surface area contributed by atoms with Crippen molar-refractivity contribution in [2.75, 3.05) is 6.61 Å². The van der Waals surface area contributed by atoms with Crippen LogP contribution in [0, 0.1) is 0 Å². The summed E-state index contributed by atoms with van der Waals surface area (Å²) in [5, 5.41) is 5.70. The number of rotatable bonds is 2. The lowest BCUT2D eigenvalue weighted by atomic mass is 9.78. The summed E-state index contributed by atoms with van der Waals surface area (Å²) in [6.45, 7) is 9.11. The molecule has 3 heterocycles. The Morgan fingerprint density at radius 3 is 2.54 bits per heavy atom. The maximum atomic E-state index is 6.27. The Labute approximate surface area is 143 Å². The van der Waals surface area contributed by atoms with Gasteiger partial charge in [0.2, 0.25) is 0 Å². The summed E-state index contributed by atoms with van der Waals surface area (Å²) in [7, 11) is -0.391. The van der Waals surface area contributed by atoms with Crippen molar-refractivity contribution in [3.8, 4) is 0 Å². The molecule has 24 heavy (non-hydrogen) atoms. The molecule has 2 aliphatic heterocycles. The lowest BCUT2D eigenvalue weighted by molar-refractivity contribution is -0.0366. The molecule has 1 aromatic heterocycles. The number of hydrogen-bond donors (Lipinski definition) is 0. The van der Waals surface area contributed by atoms with E-state index >= 15 is 0 Å². The van der Waals surface area contributed by atoms with Gasteiger partial charge in [0.15, 0.2) is 6.23 Å². The first-order chi connectivity index (χ1) is 11.4. The average Bonchev–Trinajstić information content (AvgIpc) is 3.06. The zero-order valence-corrected chi connectivity index (χ0v) is 14.9. The number of hydrogen-bond acceptors (Lipinski definition) is 4. The molecule has 2 aromatic rings. The lowest BCUT2D eigenvalue weighted by Gasteiger charge is -2.32. The van der Waals surface area contributed by atoms with Crippen molar-refractivity contribution in [2.45, 2.75) is 64.4 Å². The minimum Gasteiger partial charge on any atom is -0.399 e. The van der Waals surface area contributed by atoms with Gasteiger partial charge in [0, 0.05) is 17.5 Å². The van der Waals surface area contributed by atoms with E-state index in [1.807, 2.05) is 16.9 Å². The second kappa shape index (κ2) is 5.58. The van der Waals surface area contributed by atoms with Gasteiger partial charge in [-0.2, -0.15) is 5.10 Å². The standard InChI is InChI=1S/C18H25BN2O3/c1-17(2)18(3,4)24-19(23-17)14-9-7-8-13-12-20-21(16(13)14)15-10-5-6-11-22-15/h7-9,12,15H,5-6,10-11H2,1-4H3. The van der Waals surface area contributed by atoms with Crippen molar-refractivity contribution in [3.63, 3.8) is 0 Å². The molecule has 4 rings (SSSR count). The monoisotopic (exact) mass is 328 g/mol. The number of ether oxygens (including phenoxy) is 1. The maximum Gasteiger partial charge on any atom is 0.497 e. The molecule has 0 radical (unpaired) electrons. The highest BCUT2D eigenvalue weighted by Crippen LogP contribution is 2.37. The van der Waals surface area contributed by atoms with Gasteiger partial charge >= 0.3 is 7.12 Å². The van der Waals surface area contributed by atoms with E-state index in [9.17, 15) is 0 Å². The molecule has 2 aliphatic rings. The predicted octanol–water partition coefficient (Wildman–Crippen LogP) is 3.03. The van der Waals surface area contributed by atoms with Gasteiger partial charge < -0.3 is 14.0 Å². The summed E-state index contributed by atoms with van der Waals surface area (Å²) < 4.78 is 20.5. The van der Waals surface area contributed by atoms with Crippen LogP contribution in [0.15, 0.2) is 24.4 Å². The second-order valence-electron chi connectivity index (χ2n) is 7.78. The van der Waals surface area contributed by atoms with Gasteiger partial charge in [0.25, 0.3) is 0 Å². The minimum absolute atomic E-state index is 0.000163. The van der Waals surface area contributed by atoms with Crippen molar-refractivity contribution in [1.29, 1.82) is 0 Å². The van der Waals surface area contributed by atoms with Crippen molar-refractivity contribution >= 4 is 23.5 Å². The molecule has 0 saturated carbocycles. The molecule has 0 aliphatic carbocycles. The van der Waals surface area contributed by atoms with Crippen molar-refractivity contribution in [2.24, 2.45) is 0 Å². The fourth-order valence-electron chi connectivity index (χ4n) is 3.43. The SMILES string of the molecule is CC1(C)OB(c2cccc3cnn(C4CCCCO4)c23)OC1(C)C. The fraction of sp³-hybridized carbons (Fsp3) is 0.611. The molecule has 2 fully saturated rings. The Balaban J connectivity index is 1.77. The van der Waals surface area contributed by atoms with Gasteiger partial charge in [0.1, 0.15) is 0 Å². The fourth-order valence-corrected chi connectivity index (χ4v) is 3.43. The Hall–Kier alpha value is -1.37. The van der Waals surface area contributed by atoms with E-state index in [0.29, 0.717) is 0 Å². The van der Waals surface area contributed by atoms with Crippen LogP contribution in [0.2, 0.25) is 0 Å². The molecule has 1 aromatic carbocycles. The number of fused-ring (bicyclic) bond motifs is 1. The van der Waals surface area contributed by atoms with Gasteiger partial charge in [0.05, 0.1) is 22.9 Å². The summed E-state index contributed by atoms with van der Waals surface area (Å²) >= 11 is 0. The largest absolute Gasteiger partial charge is 0.497 e. The summed E-state index contributed by atoms with van der Waals surface area (Å²) in [5.74, 6) is 0. The van der Waals surface area contributed by atoms with Crippen LogP contribution in [0.3, 0.4) is 0 Å². The number of para-hydroxylation sites is 1. The third-order valence-electron chi connectivity index (χ3n) is 5.58. The summed E-state index contributed by atoms with van der Waals surface area (Å²) in [5.41, 5.74) is 1.37. The van der Waals surface area contributed by atoms with Gasteiger partial charge in [-0.1, -0.05) is 18.2 Å². The third-order valence-corrected chi connectivity index (χ3v) is 5.58. The molecule has 1 atom stereocenters. The summed E-state index contributed by atoms with van der Waals surface area (Å²) in [4.78, 5) is 0. The summed E-state index contributed by atoms with van der Waals surface area (Å²) in [6.07, 6.45) is 5.20. The Morgan fingerprint density at radius 2 is 1.88 bits per heavy atom. The highest BCUT2D eigenvalue weighted by Gasteiger charge is 2.52. The van der Waals surface area contributed by atoms with Crippen LogP contribution in [0.4, 0.5) is 0 Å². The van der Waals surface area contributed by atoms with Crippen LogP contribution in [-0.2, 0) is 14.0 Å². The lowest BCUT2D eigenvalue weighted by Crippen LogP contribution is -2.41. The van der Waals surface area contributed by atoms with Gasteiger partial charge in [-0.3, -0.25) is 0 Å². The highest BCUT2D eigenvalue weighted by molar-refractivity contribution is 6.65. The molecule has 0 amide bonds. The Kier molecular flexibility index (Phi) is 3.75.